The number of hydrogen-bond donors (Lipinski definition) is 1. The zero-order valence-electron chi connectivity index (χ0n) is 14.6. The average molecular weight is 349 g/mol. The maximum atomic E-state index is 11.9. The van der Waals surface area contributed by atoms with Gasteiger partial charge in [0.25, 0.3) is 5.89 Å². The van der Waals surface area contributed by atoms with Gasteiger partial charge in [0, 0.05) is 30.1 Å². The largest absolute Gasteiger partial charge is 0.334 e. The summed E-state index contributed by atoms with van der Waals surface area (Å²) in [5.74, 6) is 1.61. The van der Waals surface area contributed by atoms with Gasteiger partial charge in [-0.25, -0.2) is 4.98 Å². The molecule has 0 radical (unpaired) electrons. The van der Waals surface area contributed by atoms with E-state index >= 15 is 0 Å². The lowest BCUT2D eigenvalue weighted by Crippen LogP contribution is -2.20. The molecule has 0 unspecified atom stereocenters. The van der Waals surface area contributed by atoms with Gasteiger partial charge in [-0.05, 0) is 56.5 Å². The molecule has 1 saturated carbocycles. The summed E-state index contributed by atoms with van der Waals surface area (Å²) in [5.41, 5.74) is 1.35. The van der Waals surface area contributed by atoms with E-state index in [1.165, 1.54) is 0 Å². The lowest BCUT2D eigenvalue weighted by atomic mass is 9.84. The molecule has 0 spiro atoms. The molecule has 3 aromatic rings. The maximum Gasteiger partial charge on any atom is 0.258 e. The van der Waals surface area contributed by atoms with Crippen LogP contribution in [0.4, 0.5) is 5.82 Å². The number of anilines is 1. The number of pyridine rings is 2. The van der Waals surface area contributed by atoms with Gasteiger partial charge in [0.15, 0.2) is 5.82 Å². The molecule has 3 heterocycles. The summed E-state index contributed by atoms with van der Waals surface area (Å²) >= 11 is 0. The minimum absolute atomic E-state index is 0.0136. The molecule has 7 heteroatoms. The minimum Gasteiger partial charge on any atom is -0.334 e. The van der Waals surface area contributed by atoms with Crippen LogP contribution in [0.15, 0.2) is 47.4 Å². The Hall–Kier alpha value is -3.09. The number of carbonyl (C=O) groups excluding carboxylic acids is 1. The van der Waals surface area contributed by atoms with Gasteiger partial charge in [-0.3, -0.25) is 9.78 Å². The topological polar surface area (TPSA) is 93.8 Å². The lowest BCUT2D eigenvalue weighted by molar-refractivity contribution is -0.117. The van der Waals surface area contributed by atoms with Gasteiger partial charge in [-0.1, -0.05) is 5.16 Å². The quantitative estimate of drug-likeness (QED) is 0.760. The highest BCUT2D eigenvalue weighted by Crippen LogP contribution is 2.32. The smallest absolute Gasteiger partial charge is 0.258 e. The SMILES string of the molecule is CC(C)(c1ccncc1)c1noc(-c2ccnc(NC(=O)C3CC3)c2)n1. The van der Waals surface area contributed by atoms with Crippen molar-refractivity contribution in [3.05, 3.63) is 54.2 Å². The fourth-order valence-corrected chi connectivity index (χ4v) is 2.70. The highest BCUT2D eigenvalue weighted by atomic mass is 16.5. The summed E-state index contributed by atoms with van der Waals surface area (Å²) in [6.45, 7) is 4.07. The van der Waals surface area contributed by atoms with Crippen LogP contribution in [-0.2, 0) is 10.2 Å². The highest BCUT2D eigenvalue weighted by Gasteiger charge is 2.30. The van der Waals surface area contributed by atoms with Crippen LogP contribution in [0.1, 0.15) is 38.1 Å². The molecule has 4 rings (SSSR count). The number of nitrogens with one attached hydrogen (secondary N) is 1. The molecule has 0 bridgehead atoms. The third-order valence-corrected chi connectivity index (χ3v) is 4.59. The number of hydrogen-bond acceptors (Lipinski definition) is 6. The van der Waals surface area contributed by atoms with Gasteiger partial charge in [0.1, 0.15) is 5.82 Å². The Bertz CT molecular complexity index is 932. The molecule has 0 atom stereocenters. The minimum atomic E-state index is -0.416. The highest BCUT2D eigenvalue weighted by molar-refractivity contribution is 5.93. The molecule has 132 valence electrons. The molecule has 0 aliphatic heterocycles. The zero-order chi connectivity index (χ0) is 18.1. The molecule has 7 nitrogen and oxygen atoms in total. The first kappa shape index (κ1) is 16.4. The van der Waals surface area contributed by atoms with E-state index in [0.29, 0.717) is 17.5 Å². The van der Waals surface area contributed by atoms with Crippen LogP contribution in [0.2, 0.25) is 0 Å². The van der Waals surface area contributed by atoms with Crippen LogP contribution >= 0.6 is 0 Å². The van der Waals surface area contributed by atoms with E-state index < -0.39 is 5.41 Å². The summed E-state index contributed by atoms with van der Waals surface area (Å²) in [6, 6.07) is 7.41. The molecule has 1 aliphatic carbocycles. The molecule has 1 fully saturated rings. The fourth-order valence-electron chi connectivity index (χ4n) is 2.70. The van der Waals surface area contributed by atoms with Crippen molar-refractivity contribution >= 4 is 11.7 Å². The Kier molecular flexibility index (Phi) is 3.99. The Morgan fingerprint density at radius 1 is 1.19 bits per heavy atom. The Morgan fingerprint density at radius 3 is 2.69 bits per heavy atom. The van der Waals surface area contributed by atoms with Crippen molar-refractivity contribution in [2.75, 3.05) is 5.32 Å². The predicted molar refractivity (Wildman–Crippen MR) is 95.2 cm³/mol. The maximum absolute atomic E-state index is 11.9. The van der Waals surface area contributed by atoms with Gasteiger partial charge in [-0.15, -0.1) is 0 Å². The number of carbonyl (C=O) groups is 1. The lowest BCUT2D eigenvalue weighted by Gasteiger charge is -2.20. The molecule has 0 saturated heterocycles. The van der Waals surface area contributed by atoms with E-state index in [4.69, 9.17) is 4.52 Å². The average Bonchev–Trinajstić information content (AvgIpc) is 3.39. The summed E-state index contributed by atoms with van der Waals surface area (Å²) in [6.07, 6.45) is 7.01. The van der Waals surface area contributed by atoms with Gasteiger partial charge in [0.05, 0.1) is 5.41 Å². The summed E-state index contributed by atoms with van der Waals surface area (Å²) in [7, 11) is 0. The second kappa shape index (κ2) is 6.33. The van der Waals surface area contributed by atoms with Crippen molar-refractivity contribution in [3.63, 3.8) is 0 Å². The van der Waals surface area contributed by atoms with Crippen LogP contribution in [-0.4, -0.2) is 26.0 Å². The number of amides is 1. The van der Waals surface area contributed by atoms with E-state index in [2.05, 4.69) is 25.4 Å². The first-order chi connectivity index (χ1) is 12.5. The second-order valence-electron chi connectivity index (χ2n) is 6.98. The zero-order valence-corrected chi connectivity index (χ0v) is 14.6. The number of rotatable bonds is 5. The van der Waals surface area contributed by atoms with E-state index in [-0.39, 0.29) is 11.8 Å². The third kappa shape index (κ3) is 3.20. The number of aromatic nitrogens is 4. The molecule has 26 heavy (non-hydrogen) atoms. The Labute approximate surface area is 150 Å². The normalized spacial score (nSPS) is 14.2. The standard InChI is InChI=1S/C19H19N5O2/c1-19(2,14-6-8-20-9-7-14)18-23-17(26-24-18)13-5-10-21-15(11-13)22-16(25)12-3-4-12/h5-12H,3-4H2,1-2H3,(H,21,22,25). The van der Waals surface area contributed by atoms with Crippen molar-refractivity contribution in [1.82, 2.24) is 20.1 Å². The van der Waals surface area contributed by atoms with Crippen molar-refractivity contribution in [3.8, 4) is 11.5 Å². The van der Waals surface area contributed by atoms with Crippen LogP contribution in [0, 0.1) is 5.92 Å². The van der Waals surface area contributed by atoms with E-state index in [9.17, 15) is 4.79 Å². The predicted octanol–water partition coefficient (Wildman–Crippen LogP) is 3.20. The number of nitrogens with zero attached hydrogens (tertiary/aromatic N) is 4. The molecule has 1 amide bonds. The molecule has 1 N–H and O–H groups in total. The van der Waals surface area contributed by atoms with Crippen molar-refractivity contribution in [2.24, 2.45) is 5.92 Å². The van der Waals surface area contributed by atoms with E-state index in [1.54, 1.807) is 30.7 Å². The Morgan fingerprint density at radius 2 is 1.96 bits per heavy atom. The third-order valence-electron chi connectivity index (χ3n) is 4.59. The van der Waals surface area contributed by atoms with Crippen molar-refractivity contribution in [2.45, 2.75) is 32.1 Å². The fraction of sp³-hybridized carbons (Fsp3) is 0.316. The first-order valence-corrected chi connectivity index (χ1v) is 8.56. The van der Waals surface area contributed by atoms with Crippen LogP contribution in [0.25, 0.3) is 11.5 Å². The van der Waals surface area contributed by atoms with Gasteiger partial charge < -0.3 is 9.84 Å². The second-order valence-corrected chi connectivity index (χ2v) is 6.98. The summed E-state index contributed by atoms with van der Waals surface area (Å²) < 4.78 is 5.46. The van der Waals surface area contributed by atoms with Crippen LogP contribution in [0.3, 0.4) is 0 Å². The van der Waals surface area contributed by atoms with E-state index in [0.717, 1.165) is 24.0 Å². The van der Waals surface area contributed by atoms with Gasteiger partial charge in [0.2, 0.25) is 5.91 Å². The molecule has 3 aromatic heterocycles. The van der Waals surface area contributed by atoms with Gasteiger partial charge in [-0.2, -0.15) is 4.98 Å². The summed E-state index contributed by atoms with van der Waals surface area (Å²) in [4.78, 5) is 24.7. The molecule has 1 aliphatic rings. The molecular weight excluding hydrogens is 330 g/mol. The van der Waals surface area contributed by atoms with Gasteiger partial charge >= 0.3 is 0 Å². The van der Waals surface area contributed by atoms with Crippen LogP contribution < -0.4 is 5.32 Å². The van der Waals surface area contributed by atoms with Crippen molar-refractivity contribution < 1.29 is 9.32 Å². The monoisotopic (exact) mass is 349 g/mol. The van der Waals surface area contributed by atoms with Crippen molar-refractivity contribution in [1.29, 1.82) is 0 Å². The van der Waals surface area contributed by atoms with E-state index in [1.807, 2.05) is 26.0 Å². The van der Waals surface area contributed by atoms with Crippen LogP contribution in [0.5, 0.6) is 0 Å². The molecule has 0 aromatic carbocycles. The first-order valence-electron chi connectivity index (χ1n) is 8.56. The Balaban J connectivity index is 1.59. The molecular formula is C19H19N5O2. The summed E-state index contributed by atoms with van der Waals surface area (Å²) in [5, 5.41) is 6.99.